The van der Waals surface area contributed by atoms with E-state index in [1.54, 1.807) is 6.07 Å². The van der Waals surface area contributed by atoms with E-state index in [2.05, 4.69) is 16.3 Å². The van der Waals surface area contributed by atoms with E-state index >= 15 is 0 Å². The van der Waals surface area contributed by atoms with Crippen LogP contribution in [0, 0.1) is 11.6 Å². The van der Waals surface area contributed by atoms with Crippen molar-refractivity contribution in [1.82, 2.24) is 10.2 Å². The third kappa shape index (κ3) is 3.99. The summed E-state index contributed by atoms with van der Waals surface area (Å²) in [6.45, 7) is 1.84. The summed E-state index contributed by atoms with van der Waals surface area (Å²) < 4.78 is 27.4. The van der Waals surface area contributed by atoms with Crippen molar-refractivity contribution < 1.29 is 13.9 Å². The molecular weight excluding hydrogens is 346 g/mol. The molecule has 0 aliphatic carbocycles. The average Bonchev–Trinajstić information content (AvgIpc) is 2.88. The molecule has 0 aromatic heterocycles. The number of hydrogen-bond donors (Lipinski definition) is 2. The van der Waals surface area contributed by atoms with E-state index in [1.165, 1.54) is 36.6 Å². The number of benzene rings is 2. The molecule has 1 unspecified atom stereocenters. The Morgan fingerprint density at radius 2 is 1.67 bits per heavy atom. The molecule has 3 nitrogen and oxygen atoms in total. The third-order valence-electron chi connectivity index (χ3n) is 6.14. The van der Waals surface area contributed by atoms with Gasteiger partial charge in [0.25, 0.3) is 0 Å². The lowest BCUT2D eigenvalue weighted by atomic mass is 9.85. The SMILES string of the molecule is Oc1cccc(C2C[C@H]3CC[C@@H](C2)N3CCNCc2c(F)cccc2F)c1. The lowest BCUT2D eigenvalue weighted by Gasteiger charge is -2.39. The highest BCUT2D eigenvalue weighted by Gasteiger charge is 2.40. The van der Waals surface area contributed by atoms with Gasteiger partial charge in [0.1, 0.15) is 17.4 Å². The van der Waals surface area contributed by atoms with Crippen molar-refractivity contribution in [2.45, 2.75) is 50.2 Å². The van der Waals surface area contributed by atoms with Gasteiger partial charge in [-0.3, -0.25) is 4.90 Å². The van der Waals surface area contributed by atoms with Crippen LogP contribution in [0.5, 0.6) is 5.75 Å². The van der Waals surface area contributed by atoms with Crippen LogP contribution in [0.15, 0.2) is 42.5 Å². The number of halogens is 2. The Labute approximate surface area is 159 Å². The highest BCUT2D eigenvalue weighted by molar-refractivity contribution is 5.30. The number of fused-ring (bicyclic) bond motifs is 2. The maximum atomic E-state index is 13.7. The Kier molecular flexibility index (Phi) is 5.41. The number of nitrogens with zero attached hydrogens (tertiary/aromatic N) is 1. The zero-order valence-electron chi connectivity index (χ0n) is 15.4. The molecule has 2 N–H and O–H groups in total. The lowest BCUT2D eigenvalue weighted by Crippen LogP contribution is -2.45. The highest BCUT2D eigenvalue weighted by Crippen LogP contribution is 2.43. The first-order valence-electron chi connectivity index (χ1n) is 9.80. The second-order valence-corrected chi connectivity index (χ2v) is 7.76. The van der Waals surface area contributed by atoms with Gasteiger partial charge in [0, 0.05) is 37.3 Å². The van der Waals surface area contributed by atoms with E-state index in [4.69, 9.17) is 0 Å². The first kappa shape index (κ1) is 18.4. The normalized spacial score (nSPS) is 25.0. The van der Waals surface area contributed by atoms with Crippen LogP contribution in [0.1, 0.15) is 42.7 Å². The maximum Gasteiger partial charge on any atom is 0.130 e. The van der Waals surface area contributed by atoms with Crippen molar-refractivity contribution in [2.75, 3.05) is 13.1 Å². The zero-order chi connectivity index (χ0) is 18.8. The Morgan fingerprint density at radius 3 is 2.33 bits per heavy atom. The van der Waals surface area contributed by atoms with Gasteiger partial charge in [0.05, 0.1) is 0 Å². The summed E-state index contributed by atoms with van der Waals surface area (Å²) in [6.07, 6.45) is 4.65. The molecule has 2 aromatic carbocycles. The van der Waals surface area contributed by atoms with E-state index in [0.717, 1.165) is 25.9 Å². The Morgan fingerprint density at radius 1 is 1.00 bits per heavy atom. The van der Waals surface area contributed by atoms with Crippen LogP contribution in [0.25, 0.3) is 0 Å². The van der Waals surface area contributed by atoms with E-state index in [0.29, 0.717) is 23.8 Å². The molecule has 0 saturated carbocycles. The van der Waals surface area contributed by atoms with Gasteiger partial charge in [-0.15, -0.1) is 0 Å². The zero-order valence-corrected chi connectivity index (χ0v) is 15.4. The molecule has 2 heterocycles. The second kappa shape index (κ2) is 7.95. The van der Waals surface area contributed by atoms with Crippen LogP contribution in [0.4, 0.5) is 8.78 Å². The minimum absolute atomic E-state index is 0.114. The molecule has 0 radical (unpaired) electrons. The highest BCUT2D eigenvalue weighted by atomic mass is 19.1. The van der Waals surface area contributed by atoms with Gasteiger partial charge in [0.15, 0.2) is 0 Å². The number of phenolic OH excluding ortho intramolecular Hbond substituents is 1. The van der Waals surface area contributed by atoms with Gasteiger partial charge < -0.3 is 10.4 Å². The molecule has 4 rings (SSSR count). The van der Waals surface area contributed by atoms with Crippen molar-refractivity contribution in [3.05, 3.63) is 65.2 Å². The summed E-state index contributed by atoms with van der Waals surface area (Å²) in [5, 5.41) is 12.9. The molecule has 2 aliphatic heterocycles. The van der Waals surface area contributed by atoms with Gasteiger partial charge in [-0.05, 0) is 61.4 Å². The first-order chi connectivity index (χ1) is 13.1. The fourth-order valence-corrected chi connectivity index (χ4v) is 4.81. The van der Waals surface area contributed by atoms with Gasteiger partial charge in [-0.1, -0.05) is 18.2 Å². The first-order valence-corrected chi connectivity index (χ1v) is 9.80. The number of aromatic hydroxyl groups is 1. The molecule has 27 heavy (non-hydrogen) atoms. The molecule has 2 bridgehead atoms. The standard InChI is InChI=1S/C22H26F2N2O/c23-21-5-2-6-22(24)20(21)14-25-9-10-26-17-7-8-18(26)12-16(11-17)15-3-1-4-19(27)13-15/h1-6,13,16-18,25,27H,7-12,14H2/t16?,17-,18+. The molecule has 2 aromatic rings. The minimum Gasteiger partial charge on any atom is -0.508 e. The fourth-order valence-electron chi connectivity index (χ4n) is 4.81. The monoisotopic (exact) mass is 372 g/mol. The summed E-state index contributed by atoms with van der Waals surface area (Å²) in [4.78, 5) is 2.56. The smallest absolute Gasteiger partial charge is 0.130 e. The molecule has 2 fully saturated rings. The predicted molar refractivity (Wildman–Crippen MR) is 102 cm³/mol. The van der Waals surface area contributed by atoms with Gasteiger partial charge in [0.2, 0.25) is 0 Å². The second-order valence-electron chi connectivity index (χ2n) is 7.76. The van der Waals surface area contributed by atoms with Crippen molar-refractivity contribution in [3.63, 3.8) is 0 Å². The molecule has 144 valence electrons. The van der Waals surface area contributed by atoms with Crippen LogP contribution in [0.2, 0.25) is 0 Å². The Bertz CT molecular complexity index is 763. The molecular formula is C22H26F2N2O. The Balaban J connectivity index is 1.30. The summed E-state index contributed by atoms with van der Waals surface area (Å²) in [5.41, 5.74) is 1.35. The third-order valence-corrected chi connectivity index (χ3v) is 6.14. The fraction of sp³-hybridized carbons (Fsp3) is 0.455. The van der Waals surface area contributed by atoms with Gasteiger partial charge in [-0.25, -0.2) is 8.78 Å². The number of nitrogens with one attached hydrogen (secondary N) is 1. The molecule has 5 heteroatoms. The summed E-state index contributed by atoms with van der Waals surface area (Å²) >= 11 is 0. The minimum atomic E-state index is -0.491. The maximum absolute atomic E-state index is 13.7. The molecule has 0 amide bonds. The van der Waals surface area contributed by atoms with Crippen LogP contribution >= 0.6 is 0 Å². The molecule has 3 atom stereocenters. The van der Waals surface area contributed by atoms with Crippen LogP contribution in [0.3, 0.4) is 0 Å². The van der Waals surface area contributed by atoms with Crippen molar-refractivity contribution in [1.29, 1.82) is 0 Å². The molecule has 0 spiro atoms. The number of phenols is 1. The van der Waals surface area contributed by atoms with E-state index in [9.17, 15) is 13.9 Å². The van der Waals surface area contributed by atoms with E-state index in [-0.39, 0.29) is 12.1 Å². The summed E-state index contributed by atoms with van der Waals surface area (Å²) in [7, 11) is 0. The Hall–Kier alpha value is -1.98. The summed E-state index contributed by atoms with van der Waals surface area (Å²) in [5.74, 6) is -0.137. The average molecular weight is 372 g/mol. The van der Waals surface area contributed by atoms with Crippen LogP contribution < -0.4 is 5.32 Å². The van der Waals surface area contributed by atoms with Crippen LogP contribution in [-0.4, -0.2) is 35.2 Å². The van der Waals surface area contributed by atoms with Crippen molar-refractivity contribution in [2.24, 2.45) is 0 Å². The number of piperidine rings is 1. The van der Waals surface area contributed by atoms with Gasteiger partial charge >= 0.3 is 0 Å². The summed E-state index contributed by atoms with van der Waals surface area (Å²) in [6, 6.07) is 12.8. The van der Waals surface area contributed by atoms with Crippen molar-refractivity contribution in [3.8, 4) is 5.75 Å². The number of hydrogen-bond acceptors (Lipinski definition) is 3. The number of rotatable bonds is 6. The largest absolute Gasteiger partial charge is 0.508 e. The topological polar surface area (TPSA) is 35.5 Å². The van der Waals surface area contributed by atoms with E-state index < -0.39 is 11.6 Å². The quantitative estimate of drug-likeness (QED) is 0.747. The van der Waals surface area contributed by atoms with Crippen molar-refractivity contribution >= 4 is 0 Å². The van der Waals surface area contributed by atoms with Gasteiger partial charge in [-0.2, -0.15) is 0 Å². The van der Waals surface area contributed by atoms with E-state index in [1.807, 2.05) is 12.1 Å². The molecule has 2 aliphatic rings. The lowest BCUT2D eigenvalue weighted by molar-refractivity contribution is 0.127. The molecule has 2 saturated heterocycles. The van der Waals surface area contributed by atoms with Crippen LogP contribution in [-0.2, 0) is 6.54 Å². The predicted octanol–water partition coefficient (Wildman–Crippen LogP) is 4.17.